The average molecular weight is 151 g/mol. The van der Waals surface area contributed by atoms with Gasteiger partial charge in [0.05, 0.1) is 0 Å². The molecule has 0 aromatic rings. The maximum Gasteiger partial charge on any atom is 0.128 e. The highest BCUT2D eigenvalue weighted by molar-refractivity contribution is 5.93. The molecule has 0 bridgehead atoms. The first kappa shape index (κ1) is 7.98. The molecule has 11 heavy (non-hydrogen) atoms. The van der Waals surface area contributed by atoms with Crippen LogP contribution in [0.15, 0.2) is 22.4 Å². The minimum atomic E-state index is 0.420. The van der Waals surface area contributed by atoms with Crippen LogP contribution in [0.2, 0.25) is 0 Å². The lowest BCUT2D eigenvalue weighted by Crippen LogP contribution is -2.31. The molecule has 1 rings (SSSR count). The Morgan fingerprint density at radius 3 is 2.64 bits per heavy atom. The summed E-state index contributed by atoms with van der Waals surface area (Å²) < 4.78 is 0. The van der Waals surface area contributed by atoms with Gasteiger partial charge in [0.15, 0.2) is 0 Å². The van der Waals surface area contributed by atoms with Crippen LogP contribution in [-0.2, 0) is 0 Å². The van der Waals surface area contributed by atoms with E-state index in [4.69, 9.17) is 0 Å². The highest BCUT2D eigenvalue weighted by Gasteiger charge is 2.14. The van der Waals surface area contributed by atoms with Gasteiger partial charge in [-0.1, -0.05) is 20.4 Å². The Bertz CT molecular complexity index is 225. The summed E-state index contributed by atoms with van der Waals surface area (Å²) in [6, 6.07) is 0. The van der Waals surface area contributed by atoms with Gasteiger partial charge in [-0.3, -0.25) is 0 Å². The van der Waals surface area contributed by atoms with Crippen molar-refractivity contribution in [3.8, 4) is 0 Å². The molecule has 0 aliphatic carbocycles. The molecule has 0 amide bonds. The number of nitrogens with zero attached hydrogens (tertiary/aromatic N) is 3. The summed E-state index contributed by atoms with van der Waals surface area (Å²) in [5.41, 5.74) is 0. The minimum Gasteiger partial charge on any atom is -0.318 e. The van der Waals surface area contributed by atoms with Crippen LogP contribution in [-0.4, -0.2) is 24.1 Å². The van der Waals surface area contributed by atoms with Crippen molar-refractivity contribution in [1.29, 1.82) is 0 Å². The van der Waals surface area contributed by atoms with Crippen LogP contribution in [0.4, 0.5) is 0 Å². The fraction of sp³-hybridized carbons (Fsp3) is 0.500. The predicted molar refractivity (Wildman–Crippen MR) is 47.7 cm³/mol. The van der Waals surface area contributed by atoms with Crippen LogP contribution in [0, 0.1) is 5.92 Å². The number of hydrogen-bond donors (Lipinski definition) is 0. The minimum absolute atomic E-state index is 0.420. The first-order valence-corrected chi connectivity index (χ1v) is 3.65. The zero-order chi connectivity index (χ0) is 8.43. The summed E-state index contributed by atoms with van der Waals surface area (Å²) in [5.74, 6) is 2.19. The van der Waals surface area contributed by atoms with E-state index in [1.54, 1.807) is 6.34 Å². The van der Waals surface area contributed by atoms with E-state index in [9.17, 15) is 0 Å². The quantitative estimate of drug-likeness (QED) is 0.558. The van der Waals surface area contributed by atoms with Crippen molar-refractivity contribution in [2.24, 2.45) is 15.9 Å². The van der Waals surface area contributed by atoms with Crippen LogP contribution in [0.1, 0.15) is 13.8 Å². The van der Waals surface area contributed by atoms with Crippen molar-refractivity contribution in [1.82, 2.24) is 4.90 Å². The average Bonchev–Trinajstić information content (AvgIpc) is 1.94. The number of rotatable bonds is 1. The number of amidine groups is 1. The van der Waals surface area contributed by atoms with Gasteiger partial charge in [-0.2, -0.15) is 0 Å². The summed E-state index contributed by atoms with van der Waals surface area (Å²) in [6.45, 7) is 7.97. The molecule has 3 heteroatoms. The first-order chi connectivity index (χ1) is 5.13. The molecule has 1 aliphatic heterocycles. The van der Waals surface area contributed by atoms with E-state index >= 15 is 0 Å². The van der Waals surface area contributed by atoms with Gasteiger partial charge in [-0.15, -0.1) is 0 Å². The largest absolute Gasteiger partial charge is 0.318 e. The van der Waals surface area contributed by atoms with Gasteiger partial charge in [-0.25, -0.2) is 9.98 Å². The molecule has 0 aromatic heterocycles. The van der Waals surface area contributed by atoms with Crippen molar-refractivity contribution < 1.29 is 0 Å². The highest BCUT2D eigenvalue weighted by atomic mass is 15.3. The molecule has 3 nitrogen and oxygen atoms in total. The molecule has 0 N–H and O–H groups in total. The third kappa shape index (κ3) is 1.48. The van der Waals surface area contributed by atoms with E-state index in [-0.39, 0.29) is 0 Å². The lowest BCUT2D eigenvalue weighted by atomic mass is 10.2. The third-order valence-electron chi connectivity index (χ3n) is 1.64. The van der Waals surface area contributed by atoms with Crippen molar-refractivity contribution in [2.75, 3.05) is 7.05 Å². The SMILES string of the molecule is C=C1N=CN=C(C(C)C)N1C. The van der Waals surface area contributed by atoms with Crippen LogP contribution in [0.25, 0.3) is 0 Å². The second-order valence-electron chi connectivity index (χ2n) is 2.86. The molecule has 0 unspecified atom stereocenters. The maximum absolute atomic E-state index is 4.15. The smallest absolute Gasteiger partial charge is 0.128 e. The summed E-state index contributed by atoms with van der Waals surface area (Å²) in [7, 11) is 1.93. The van der Waals surface area contributed by atoms with Crippen LogP contribution in [0.5, 0.6) is 0 Å². The Kier molecular flexibility index (Phi) is 2.08. The van der Waals surface area contributed by atoms with E-state index in [0.29, 0.717) is 5.92 Å². The third-order valence-corrected chi connectivity index (χ3v) is 1.64. The fourth-order valence-corrected chi connectivity index (χ4v) is 0.996. The summed E-state index contributed by atoms with van der Waals surface area (Å²) in [6.07, 6.45) is 1.55. The maximum atomic E-state index is 4.15. The fourth-order valence-electron chi connectivity index (χ4n) is 0.996. The number of aliphatic imine (C=N–C) groups is 2. The molecule has 0 aromatic carbocycles. The van der Waals surface area contributed by atoms with Crippen molar-refractivity contribution in [3.05, 3.63) is 12.4 Å². The summed E-state index contributed by atoms with van der Waals surface area (Å²) in [5, 5.41) is 0. The Morgan fingerprint density at radius 1 is 1.55 bits per heavy atom. The molecule has 0 atom stereocenters. The van der Waals surface area contributed by atoms with Crippen LogP contribution >= 0.6 is 0 Å². The molecule has 0 spiro atoms. The monoisotopic (exact) mass is 151 g/mol. The zero-order valence-electron chi connectivity index (χ0n) is 7.20. The van der Waals surface area contributed by atoms with Crippen LogP contribution < -0.4 is 0 Å². The van der Waals surface area contributed by atoms with Crippen LogP contribution in [0.3, 0.4) is 0 Å². The molecule has 60 valence electrons. The normalized spacial score (nSPS) is 17.6. The Hall–Kier alpha value is -1.12. The molecule has 0 radical (unpaired) electrons. The van der Waals surface area contributed by atoms with Crippen molar-refractivity contribution in [2.45, 2.75) is 13.8 Å². The van der Waals surface area contributed by atoms with Gasteiger partial charge in [-0.05, 0) is 0 Å². The molecule has 0 saturated heterocycles. The molecular formula is C8H13N3. The molecule has 0 fully saturated rings. The Morgan fingerprint density at radius 2 is 2.18 bits per heavy atom. The van der Waals surface area contributed by atoms with E-state index in [1.165, 1.54) is 0 Å². The zero-order valence-corrected chi connectivity index (χ0v) is 7.20. The molecule has 1 heterocycles. The highest BCUT2D eigenvalue weighted by Crippen LogP contribution is 2.11. The van der Waals surface area contributed by atoms with Gasteiger partial charge in [0.1, 0.15) is 18.0 Å². The van der Waals surface area contributed by atoms with Gasteiger partial charge in [0.25, 0.3) is 0 Å². The topological polar surface area (TPSA) is 28.0 Å². The van der Waals surface area contributed by atoms with Gasteiger partial charge in [0, 0.05) is 13.0 Å². The standard InChI is InChI=1S/C8H13N3/c1-6(2)8-10-5-9-7(3)11(8)4/h5-6H,3H2,1-2,4H3. The molecule has 0 saturated carbocycles. The first-order valence-electron chi connectivity index (χ1n) is 3.65. The summed E-state index contributed by atoms with van der Waals surface area (Å²) in [4.78, 5) is 10.0. The van der Waals surface area contributed by atoms with Crippen molar-refractivity contribution in [3.63, 3.8) is 0 Å². The van der Waals surface area contributed by atoms with Gasteiger partial charge < -0.3 is 4.90 Å². The second-order valence-corrected chi connectivity index (χ2v) is 2.86. The van der Waals surface area contributed by atoms with Gasteiger partial charge >= 0.3 is 0 Å². The summed E-state index contributed by atoms with van der Waals surface area (Å²) >= 11 is 0. The number of hydrogen-bond acceptors (Lipinski definition) is 3. The second kappa shape index (κ2) is 2.86. The Labute approximate surface area is 67.1 Å². The van der Waals surface area contributed by atoms with E-state index in [1.807, 2.05) is 11.9 Å². The van der Waals surface area contributed by atoms with E-state index in [2.05, 4.69) is 30.4 Å². The lowest BCUT2D eigenvalue weighted by Gasteiger charge is -2.24. The lowest BCUT2D eigenvalue weighted by molar-refractivity contribution is 0.571. The van der Waals surface area contributed by atoms with Gasteiger partial charge in [0.2, 0.25) is 0 Å². The van der Waals surface area contributed by atoms with E-state index < -0.39 is 0 Å². The Balaban J connectivity index is 2.87. The van der Waals surface area contributed by atoms with Crippen molar-refractivity contribution >= 4 is 12.2 Å². The van der Waals surface area contributed by atoms with E-state index in [0.717, 1.165) is 11.7 Å². The predicted octanol–water partition coefficient (Wildman–Crippen LogP) is 1.49. The molecular weight excluding hydrogens is 138 g/mol. The molecule has 1 aliphatic rings.